The van der Waals surface area contributed by atoms with Crippen molar-refractivity contribution in [2.45, 2.75) is 44.9 Å². The van der Waals surface area contributed by atoms with Gasteiger partial charge in [-0.1, -0.05) is 54.2 Å². The molecule has 1 aliphatic carbocycles. The number of methoxy groups -OCH3 is 1. The molecule has 8 nitrogen and oxygen atoms in total. The lowest BCUT2D eigenvalue weighted by Crippen LogP contribution is -2.38. The van der Waals surface area contributed by atoms with E-state index in [0.717, 1.165) is 34.8 Å². The first kappa shape index (κ1) is 26.1. The SMILES string of the molecule is COCCOC(=O)C1=C(C)N=C2SC=C(CC(=O)NC3CC3)N2[C@@H]1c1cccc(OCc2ccccc2)c1. The Kier molecular flexibility index (Phi) is 8.14. The van der Waals surface area contributed by atoms with Gasteiger partial charge in [0.05, 0.1) is 30.3 Å². The van der Waals surface area contributed by atoms with E-state index in [1.54, 1.807) is 7.11 Å². The Bertz CT molecular complexity index is 1290. The highest BCUT2D eigenvalue weighted by Crippen LogP contribution is 2.45. The summed E-state index contributed by atoms with van der Waals surface area (Å²) in [6, 6.07) is 17.4. The Hall–Kier alpha value is -3.56. The molecule has 0 saturated heterocycles. The number of aliphatic imine (C=N–C) groups is 1. The summed E-state index contributed by atoms with van der Waals surface area (Å²) in [5, 5.41) is 5.73. The van der Waals surface area contributed by atoms with Crippen LogP contribution in [-0.4, -0.2) is 48.3 Å². The van der Waals surface area contributed by atoms with Crippen LogP contribution >= 0.6 is 11.8 Å². The van der Waals surface area contributed by atoms with E-state index in [2.05, 4.69) is 5.32 Å². The van der Waals surface area contributed by atoms with Gasteiger partial charge in [-0.15, -0.1) is 0 Å². The van der Waals surface area contributed by atoms with E-state index in [1.165, 1.54) is 11.8 Å². The Morgan fingerprint density at radius 3 is 2.68 bits per heavy atom. The predicted octanol–water partition coefficient (Wildman–Crippen LogP) is 4.70. The Morgan fingerprint density at radius 1 is 1.11 bits per heavy atom. The van der Waals surface area contributed by atoms with Crippen LogP contribution in [0.15, 0.2) is 82.0 Å². The van der Waals surface area contributed by atoms with E-state index in [1.807, 2.05) is 71.8 Å². The number of esters is 1. The molecule has 5 rings (SSSR count). The van der Waals surface area contributed by atoms with E-state index in [4.69, 9.17) is 19.2 Å². The third kappa shape index (κ3) is 6.11. The van der Waals surface area contributed by atoms with Gasteiger partial charge in [0.15, 0.2) is 5.17 Å². The zero-order valence-corrected chi connectivity index (χ0v) is 22.3. The van der Waals surface area contributed by atoms with Gasteiger partial charge >= 0.3 is 5.97 Å². The van der Waals surface area contributed by atoms with Gasteiger partial charge in [0.25, 0.3) is 0 Å². The van der Waals surface area contributed by atoms with Gasteiger partial charge in [-0.05, 0) is 48.4 Å². The maximum atomic E-state index is 13.4. The number of fused-ring (bicyclic) bond motifs is 1. The van der Waals surface area contributed by atoms with Crippen molar-refractivity contribution in [1.29, 1.82) is 0 Å². The maximum absolute atomic E-state index is 13.4. The zero-order chi connectivity index (χ0) is 26.5. The topological polar surface area (TPSA) is 89.5 Å². The summed E-state index contributed by atoms with van der Waals surface area (Å²) < 4.78 is 16.7. The summed E-state index contributed by atoms with van der Waals surface area (Å²) in [4.78, 5) is 32.8. The number of carbonyl (C=O) groups is 2. The van der Waals surface area contributed by atoms with Crippen LogP contribution in [0.2, 0.25) is 0 Å². The molecule has 2 aromatic rings. The van der Waals surface area contributed by atoms with Crippen LogP contribution in [0.4, 0.5) is 0 Å². The highest BCUT2D eigenvalue weighted by atomic mass is 32.2. The number of thioether (sulfide) groups is 1. The number of amidine groups is 1. The molecule has 2 aliphatic heterocycles. The second-order valence-corrected chi connectivity index (χ2v) is 10.2. The van der Waals surface area contributed by atoms with Gasteiger partial charge in [-0.2, -0.15) is 0 Å². The fourth-order valence-electron chi connectivity index (χ4n) is 4.43. The normalized spacial score (nSPS) is 18.5. The standard InChI is InChI=1S/C29H31N3O5S/c1-19-26(28(34)36-14-13-35-2)27(21-9-6-10-24(15-21)37-17-20-7-4-3-5-8-20)32-23(18-38-29(32)30-19)16-25(33)31-22-11-12-22/h3-10,15,18,22,27H,11-14,16-17H2,1-2H3,(H,31,33)/t27-/m1/s1. The molecule has 0 radical (unpaired) electrons. The fourth-order valence-corrected chi connectivity index (χ4v) is 5.39. The molecule has 198 valence electrons. The first-order chi connectivity index (χ1) is 18.5. The first-order valence-corrected chi connectivity index (χ1v) is 13.6. The minimum Gasteiger partial charge on any atom is -0.489 e. The van der Waals surface area contributed by atoms with Crippen LogP contribution in [0, 0.1) is 0 Å². The van der Waals surface area contributed by atoms with Crippen LogP contribution in [0.1, 0.15) is 43.4 Å². The van der Waals surface area contributed by atoms with Crippen molar-refractivity contribution in [2.24, 2.45) is 4.99 Å². The Balaban J connectivity index is 1.45. The quantitative estimate of drug-likeness (QED) is 0.331. The molecule has 1 saturated carbocycles. The summed E-state index contributed by atoms with van der Waals surface area (Å²) in [6.07, 6.45) is 2.25. The number of hydrogen-bond donors (Lipinski definition) is 1. The molecule has 9 heteroatoms. The molecular weight excluding hydrogens is 502 g/mol. The molecule has 38 heavy (non-hydrogen) atoms. The van der Waals surface area contributed by atoms with Crippen LogP contribution in [-0.2, 0) is 25.7 Å². The van der Waals surface area contributed by atoms with Crippen molar-refractivity contribution >= 4 is 28.8 Å². The molecule has 1 atom stereocenters. The number of amides is 1. The molecule has 0 bridgehead atoms. The average molecular weight is 534 g/mol. The average Bonchev–Trinajstić information content (AvgIpc) is 3.65. The van der Waals surface area contributed by atoms with Crippen molar-refractivity contribution < 1.29 is 23.8 Å². The maximum Gasteiger partial charge on any atom is 0.338 e. The number of ether oxygens (including phenoxy) is 3. The van der Waals surface area contributed by atoms with Crippen LogP contribution in [0.25, 0.3) is 0 Å². The second kappa shape index (κ2) is 11.9. The van der Waals surface area contributed by atoms with Gasteiger partial charge in [0, 0.05) is 18.8 Å². The molecule has 3 aliphatic rings. The molecule has 0 unspecified atom stereocenters. The van der Waals surface area contributed by atoms with Crippen LogP contribution < -0.4 is 10.1 Å². The number of carbonyl (C=O) groups excluding carboxylic acids is 2. The molecule has 2 heterocycles. The van der Waals surface area contributed by atoms with Crippen molar-refractivity contribution in [1.82, 2.24) is 10.2 Å². The lowest BCUT2D eigenvalue weighted by atomic mass is 9.93. The largest absolute Gasteiger partial charge is 0.489 e. The summed E-state index contributed by atoms with van der Waals surface area (Å²) in [6.45, 7) is 2.68. The monoisotopic (exact) mass is 533 g/mol. The molecule has 1 N–H and O–H groups in total. The van der Waals surface area contributed by atoms with Crippen molar-refractivity contribution in [3.63, 3.8) is 0 Å². The third-order valence-corrected chi connectivity index (χ3v) is 7.34. The van der Waals surface area contributed by atoms with Crippen molar-refractivity contribution in [2.75, 3.05) is 20.3 Å². The van der Waals surface area contributed by atoms with Gasteiger partial charge in [0.1, 0.15) is 19.0 Å². The number of allylic oxidation sites excluding steroid dienone is 1. The summed E-state index contributed by atoms with van der Waals surface area (Å²) in [5.41, 5.74) is 3.72. The molecule has 0 aromatic heterocycles. The van der Waals surface area contributed by atoms with Crippen LogP contribution in [0.5, 0.6) is 5.75 Å². The van der Waals surface area contributed by atoms with E-state index in [-0.39, 0.29) is 25.0 Å². The van der Waals surface area contributed by atoms with E-state index in [0.29, 0.717) is 30.2 Å². The number of benzene rings is 2. The van der Waals surface area contributed by atoms with E-state index in [9.17, 15) is 9.59 Å². The van der Waals surface area contributed by atoms with Gasteiger partial charge in [-0.25, -0.2) is 9.79 Å². The van der Waals surface area contributed by atoms with Crippen LogP contribution in [0.3, 0.4) is 0 Å². The van der Waals surface area contributed by atoms with E-state index >= 15 is 0 Å². The third-order valence-electron chi connectivity index (χ3n) is 6.45. The molecule has 2 aromatic carbocycles. The number of hydrogen-bond acceptors (Lipinski definition) is 8. The Morgan fingerprint density at radius 2 is 1.92 bits per heavy atom. The molecule has 1 amide bonds. The lowest BCUT2D eigenvalue weighted by molar-refractivity contribution is -0.141. The lowest BCUT2D eigenvalue weighted by Gasteiger charge is -2.36. The summed E-state index contributed by atoms with van der Waals surface area (Å²) in [5.74, 6) is 0.195. The van der Waals surface area contributed by atoms with E-state index < -0.39 is 12.0 Å². The van der Waals surface area contributed by atoms with Crippen molar-refractivity contribution in [3.8, 4) is 5.75 Å². The smallest absolute Gasteiger partial charge is 0.338 e. The number of nitrogens with zero attached hydrogens (tertiary/aromatic N) is 2. The molecular formula is C29H31N3O5S. The minimum atomic E-state index is -0.521. The minimum absolute atomic E-state index is 0.0326. The summed E-state index contributed by atoms with van der Waals surface area (Å²) in [7, 11) is 1.56. The predicted molar refractivity (Wildman–Crippen MR) is 146 cm³/mol. The molecule has 1 fully saturated rings. The Labute approximate surface area is 226 Å². The number of nitrogens with one attached hydrogen (secondary N) is 1. The first-order valence-electron chi connectivity index (χ1n) is 12.7. The highest BCUT2D eigenvalue weighted by molar-refractivity contribution is 8.16. The zero-order valence-electron chi connectivity index (χ0n) is 21.5. The number of rotatable bonds is 11. The fraction of sp³-hybridized carbons (Fsp3) is 0.345. The summed E-state index contributed by atoms with van der Waals surface area (Å²) >= 11 is 1.46. The molecule has 0 spiro atoms. The van der Waals surface area contributed by atoms with Gasteiger partial charge < -0.3 is 24.4 Å². The second-order valence-electron chi connectivity index (χ2n) is 9.39. The highest BCUT2D eigenvalue weighted by Gasteiger charge is 2.41. The van der Waals surface area contributed by atoms with Crippen molar-refractivity contribution in [3.05, 3.63) is 88.1 Å². The van der Waals surface area contributed by atoms with Gasteiger partial charge in [0.2, 0.25) is 5.91 Å². The van der Waals surface area contributed by atoms with Gasteiger partial charge in [-0.3, -0.25) is 4.79 Å².